The monoisotopic (exact) mass is 765 g/mol. The lowest BCUT2D eigenvalue weighted by molar-refractivity contribution is -0.133. The fraction of sp³-hybridized carbons (Fsp3) is 0.263. The van der Waals surface area contributed by atoms with Crippen molar-refractivity contribution in [3.05, 3.63) is 122 Å². The molecule has 0 unspecified atom stereocenters. The number of benzene rings is 4. The molecule has 0 spiro atoms. The van der Waals surface area contributed by atoms with Crippen LogP contribution < -0.4 is 19.5 Å². The number of aliphatic hydroxyl groups is 1. The summed E-state index contributed by atoms with van der Waals surface area (Å²) in [6.45, 7) is -0.475. The van der Waals surface area contributed by atoms with Crippen molar-refractivity contribution in [2.24, 2.45) is 0 Å². The second kappa shape index (κ2) is 16.7. The molecule has 0 fully saturated rings. The van der Waals surface area contributed by atoms with E-state index in [9.17, 15) is 24.3 Å². The number of carbonyl (C=O) groups excluding carboxylic acids is 4. The van der Waals surface area contributed by atoms with E-state index in [0.717, 1.165) is 16.0 Å². The van der Waals surface area contributed by atoms with Crippen LogP contribution in [0.5, 0.6) is 17.2 Å². The average molecular weight is 767 g/mol. The maximum absolute atomic E-state index is 13.9. The Bertz CT molecular complexity index is 1920. The molecule has 6 rings (SSSR count). The molecule has 4 amide bonds. The van der Waals surface area contributed by atoms with E-state index in [1.165, 1.54) is 17.0 Å². The van der Waals surface area contributed by atoms with Gasteiger partial charge in [-0.05, 0) is 60.4 Å². The van der Waals surface area contributed by atoms with E-state index in [1.54, 1.807) is 30.3 Å². The summed E-state index contributed by atoms with van der Waals surface area (Å²) in [5, 5.41) is 15.1. The van der Waals surface area contributed by atoms with Gasteiger partial charge in [-0.2, -0.15) is 0 Å². The molecule has 4 aromatic carbocycles. The summed E-state index contributed by atoms with van der Waals surface area (Å²) < 4.78 is 16.5. The zero-order chi connectivity index (χ0) is 36.8. The van der Waals surface area contributed by atoms with Crippen LogP contribution >= 0.6 is 34.8 Å². The third-order valence-corrected chi connectivity index (χ3v) is 9.49. The number of hydrogen-bond acceptors (Lipinski definition) is 8. The number of aliphatic hydroxyl groups excluding tert-OH is 1. The fourth-order valence-electron chi connectivity index (χ4n) is 6.04. The van der Waals surface area contributed by atoms with Gasteiger partial charge in [-0.3, -0.25) is 24.1 Å². The highest BCUT2D eigenvalue weighted by molar-refractivity contribution is 6.40. The number of halogens is 3. The minimum absolute atomic E-state index is 0.0846. The highest BCUT2D eigenvalue weighted by atomic mass is 35.5. The molecule has 2 heterocycles. The first-order valence-corrected chi connectivity index (χ1v) is 17.6. The molecule has 2 atom stereocenters. The van der Waals surface area contributed by atoms with Crippen LogP contribution in [0.4, 0.5) is 0 Å². The quantitative estimate of drug-likeness (QED) is 0.150. The van der Waals surface area contributed by atoms with Crippen molar-refractivity contribution in [2.75, 3.05) is 33.0 Å². The normalized spacial score (nSPS) is 14.2. The SMILES string of the molecule is O=C(COc1c(Cl)cc(Cl)cc1Cl)N[C@@H](Cc1ccccc1)[C@@H](O)CN(CCc1ccc2c(c1)OCO2)C(=O)CCN1C(=O)c2ccccc2C1=O. The van der Waals surface area contributed by atoms with Gasteiger partial charge < -0.3 is 29.5 Å². The second-order valence-corrected chi connectivity index (χ2v) is 13.5. The van der Waals surface area contributed by atoms with Crippen LogP contribution in [0.15, 0.2) is 84.9 Å². The van der Waals surface area contributed by atoms with Gasteiger partial charge in [-0.1, -0.05) is 83.3 Å². The number of nitrogens with zero attached hydrogens (tertiary/aromatic N) is 2. The molecule has 0 radical (unpaired) electrons. The molecule has 0 saturated carbocycles. The molecule has 0 saturated heterocycles. The van der Waals surface area contributed by atoms with Gasteiger partial charge in [0.2, 0.25) is 12.7 Å². The van der Waals surface area contributed by atoms with Gasteiger partial charge in [0.05, 0.1) is 33.3 Å². The van der Waals surface area contributed by atoms with Gasteiger partial charge in [0, 0.05) is 31.1 Å². The van der Waals surface area contributed by atoms with Gasteiger partial charge in [-0.25, -0.2) is 0 Å². The highest BCUT2D eigenvalue weighted by Crippen LogP contribution is 2.36. The van der Waals surface area contributed by atoms with Crippen molar-refractivity contribution in [2.45, 2.75) is 31.4 Å². The average Bonchev–Trinajstić information content (AvgIpc) is 3.69. The number of hydrogen-bond donors (Lipinski definition) is 2. The molecular formula is C38H34Cl3N3O8. The number of nitrogens with one attached hydrogen (secondary N) is 1. The van der Waals surface area contributed by atoms with Crippen LogP contribution in [-0.4, -0.2) is 83.7 Å². The Balaban J connectivity index is 1.17. The number of carbonyl (C=O) groups is 4. The third kappa shape index (κ3) is 8.79. The zero-order valence-electron chi connectivity index (χ0n) is 27.7. The van der Waals surface area contributed by atoms with Crippen LogP contribution in [0.2, 0.25) is 15.1 Å². The minimum Gasteiger partial charge on any atom is -0.481 e. The highest BCUT2D eigenvalue weighted by Gasteiger charge is 2.36. The molecule has 0 aliphatic carbocycles. The summed E-state index contributed by atoms with van der Waals surface area (Å²) in [6.07, 6.45) is -0.790. The Labute approximate surface area is 314 Å². The first kappa shape index (κ1) is 37.0. The standard InChI is InChI=1S/C38H34Cl3N3O8/c39-25-18-28(40)36(29(41)19-25)50-21-34(46)42-30(16-23-6-2-1-3-7-23)31(45)20-43(14-12-24-10-11-32-33(17-24)52-22-51-32)35(47)13-15-44-37(48)26-8-4-5-9-27(26)38(44)49/h1-11,17-19,30-31,45H,12-16,20-22H2,(H,42,46)/t30-,31-/m0/s1. The van der Waals surface area contributed by atoms with E-state index in [2.05, 4.69) is 5.32 Å². The molecule has 2 N–H and O–H groups in total. The summed E-state index contributed by atoms with van der Waals surface area (Å²) in [7, 11) is 0. The zero-order valence-corrected chi connectivity index (χ0v) is 30.0. The lowest BCUT2D eigenvalue weighted by Gasteiger charge is -2.31. The van der Waals surface area contributed by atoms with Gasteiger partial charge in [0.25, 0.3) is 17.7 Å². The molecule has 0 bridgehead atoms. The molecule has 270 valence electrons. The lowest BCUT2D eigenvalue weighted by Crippen LogP contribution is -2.52. The van der Waals surface area contributed by atoms with Crippen molar-refractivity contribution in [1.29, 1.82) is 0 Å². The Morgan fingerprint density at radius 2 is 1.52 bits per heavy atom. The van der Waals surface area contributed by atoms with Gasteiger partial charge >= 0.3 is 0 Å². The Morgan fingerprint density at radius 3 is 2.21 bits per heavy atom. The fourth-order valence-corrected chi connectivity index (χ4v) is 6.97. The largest absolute Gasteiger partial charge is 0.481 e. The topological polar surface area (TPSA) is 135 Å². The Morgan fingerprint density at radius 1 is 0.865 bits per heavy atom. The molecule has 2 aliphatic heterocycles. The van der Waals surface area contributed by atoms with Crippen LogP contribution in [0.3, 0.4) is 0 Å². The van der Waals surface area contributed by atoms with E-state index in [1.807, 2.05) is 42.5 Å². The van der Waals surface area contributed by atoms with E-state index in [-0.39, 0.29) is 55.1 Å². The van der Waals surface area contributed by atoms with E-state index >= 15 is 0 Å². The van der Waals surface area contributed by atoms with Crippen LogP contribution in [0.1, 0.15) is 38.3 Å². The maximum atomic E-state index is 13.9. The van der Waals surface area contributed by atoms with Crippen molar-refractivity contribution in [3.8, 4) is 17.2 Å². The molecule has 14 heteroatoms. The molecule has 11 nitrogen and oxygen atoms in total. The molecule has 52 heavy (non-hydrogen) atoms. The maximum Gasteiger partial charge on any atom is 0.261 e. The van der Waals surface area contributed by atoms with Crippen molar-refractivity contribution in [3.63, 3.8) is 0 Å². The van der Waals surface area contributed by atoms with E-state index in [4.69, 9.17) is 49.0 Å². The van der Waals surface area contributed by atoms with Gasteiger partial charge in [0.15, 0.2) is 23.9 Å². The Kier molecular flexibility index (Phi) is 11.9. The molecule has 2 aliphatic rings. The van der Waals surface area contributed by atoms with Gasteiger partial charge in [-0.15, -0.1) is 0 Å². The van der Waals surface area contributed by atoms with Crippen LogP contribution in [-0.2, 0) is 22.4 Å². The summed E-state index contributed by atoms with van der Waals surface area (Å²) in [5.74, 6) is -0.584. The number of rotatable bonds is 15. The Hall–Kier alpha value is -4.81. The summed E-state index contributed by atoms with van der Waals surface area (Å²) in [5.41, 5.74) is 2.28. The summed E-state index contributed by atoms with van der Waals surface area (Å²) in [4.78, 5) is 55.6. The third-order valence-electron chi connectivity index (χ3n) is 8.71. The second-order valence-electron chi connectivity index (χ2n) is 12.3. The number of ether oxygens (including phenoxy) is 3. The molecular weight excluding hydrogens is 733 g/mol. The molecule has 0 aromatic heterocycles. The predicted octanol–water partition coefficient (Wildman–Crippen LogP) is 5.60. The van der Waals surface area contributed by atoms with E-state index < -0.39 is 42.4 Å². The lowest BCUT2D eigenvalue weighted by atomic mass is 10.00. The summed E-state index contributed by atoms with van der Waals surface area (Å²) >= 11 is 18.4. The van der Waals surface area contributed by atoms with Crippen LogP contribution in [0, 0.1) is 0 Å². The number of amides is 4. The first-order chi connectivity index (χ1) is 25.1. The predicted molar refractivity (Wildman–Crippen MR) is 194 cm³/mol. The first-order valence-electron chi connectivity index (χ1n) is 16.5. The number of imide groups is 1. The van der Waals surface area contributed by atoms with Crippen molar-refractivity contribution >= 4 is 58.4 Å². The van der Waals surface area contributed by atoms with E-state index in [0.29, 0.717) is 34.1 Å². The van der Waals surface area contributed by atoms with Crippen molar-refractivity contribution in [1.82, 2.24) is 15.1 Å². The minimum atomic E-state index is -1.24. The number of fused-ring (bicyclic) bond motifs is 2. The van der Waals surface area contributed by atoms with Gasteiger partial charge in [0.1, 0.15) is 0 Å². The smallest absolute Gasteiger partial charge is 0.261 e. The summed E-state index contributed by atoms with van der Waals surface area (Å²) in [6, 6.07) is 23.3. The molecule has 4 aromatic rings. The van der Waals surface area contributed by atoms with Crippen LogP contribution in [0.25, 0.3) is 0 Å². The van der Waals surface area contributed by atoms with Crippen molar-refractivity contribution < 1.29 is 38.5 Å².